The maximum atomic E-state index is 4.37. The van der Waals surface area contributed by atoms with E-state index in [-0.39, 0.29) is 0 Å². The van der Waals surface area contributed by atoms with E-state index in [1.54, 1.807) is 0 Å². The van der Waals surface area contributed by atoms with Crippen LogP contribution in [0.2, 0.25) is 0 Å². The summed E-state index contributed by atoms with van der Waals surface area (Å²) in [4.78, 5) is 0. The van der Waals surface area contributed by atoms with Crippen molar-refractivity contribution in [3.05, 3.63) is 291 Å². The van der Waals surface area contributed by atoms with E-state index < -0.39 is 0 Å². The lowest BCUT2D eigenvalue weighted by Crippen LogP contribution is -1.98. The molecule has 370 valence electrons. The monoisotopic (exact) mass is 988 g/mol. The van der Waals surface area contributed by atoms with E-state index in [4.69, 9.17) is 0 Å². The molecule has 77 heavy (non-hydrogen) atoms. The standard InChI is InChI=1S/C73H54N2.C2H6/c1-3-5-23-50(4-2)62-43-44-64(55-30-17-9-18-31-55)73-70(62)65-37-22-36-63(71(65)75(73)60-41-38-54(39-42-60)51-24-11-6-12-25-51)58-40-45-69-67(47-58)68-49-59(53-28-15-8-16-29-53)48-66(56-32-19-10-20-33-56)72(68)74(69)61-35-21-34-57(46-61)52-26-13-7-14-27-52;1-2/h3-15,17-28,30-49H,2,16,29H2,1H3;1-2H3/b5-3-,50-23+;. The molecule has 1 aliphatic carbocycles. The lowest BCUT2D eigenvalue weighted by molar-refractivity contribution is 1.05. The van der Waals surface area contributed by atoms with Gasteiger partial charge in [-0.15, -0.1) is 0 Å². The van der Waals surface area contributed by atoms with Crippen LogP contribution in [-0.2, 0) is 0 Å². The van der Waals surface area contributed by atoms with Crippen molar-refractivity contribution in [2.24, 2.45) is 0 Å². The first-order valence-electron chi connectivity index (χ1n) is 27.1. The molecule has 2 heterocycles. The number of nitrogens with zero attached hydrogens (tertiary/aromatic N) is 2. The van der Waals surface area contributed by atoms with E-state index in [1.807, 2.05) is 19.9 Å². The molecule has 0 N–H and O–H groups in total. The van der Waals surface area contributed by atoms with Gasteiger partial charge in [-0.1, -0.05) is 245 Å². The molecule has 0 radical (unpaired) electrons. The number of hydrogen-bond acceptors (Lipinski definition) is 0. The largest absolute Gasteiger partial charge is 0.309 e. The smallest absolute Gasteiger partial charge is 0.0625 e. The second-order valence-electron chi connectivity index (χ2n) is 19.5. The van der Waals surface area contributed by atoms with Crippen LogP contribution in [0.3, 0.4) is 0 Å². The predicted octanol–water partition coefficient (Wildman–Crippen LogP) is 21.1. The third-order valence-electron chi connectivity index (χ3n) is 15.1. The van der Waals surface area contributed by atoms with Crippen LogP contribution >= 0.6 is 0 Å². The van der Waals surface area contributed by atoms with Gasteiger partial charge in [0.25, 0.3) is 0 Å². The Labute approximate surface area is 452 Å². The highest BCUT2D eigenvalue weighted by Crippen LogP contribution is 2.47. The fourth-order valence-corrected chi connectivity index (χ4v) is 11.6. The summed E-state index contributed by atoms with van der Waals surface area (Å²) in [5.41, 5.74) is 23.5. The van der Waals surface area contributed by atoms with Gasteiger partial charge in [-0.3, -0.25) is 0 Å². The molecule has 2 aromatic heterocycles. The lowest BCUT2D eigenvalue weighted by Gasteiger charge is -2.16. The molecule has 0 atom stereocenters. The molecular formula is C75H60N2. The van der Waals surface area contributed by atoms with E-state index >= 15 is 0 Å². The summed E-state index contributed by atoms with van der Waals surface area (Å²) in [6, 6.07) is 85.0. The van der Waals surface area contributed by atoms with Crippen LogP contribution in [0.1, 0.15) is 44.7 Å². The molecular weight excluding hydrogens is 929 g/mol. The Bertz CT molecular complexity index is 4260. The number of fused-ring (bicyclic) bond motifs is 6. The Kier molecular flexibility index (Phi) is 13.5. The van der Waals surface area contributed by atoms with Crippen molar-refractivity contribution in [2.75, 3.05) is 0 Å². The fraction of sp³-hybridized carbons (Fsp3) is 0.0667. The Hall–Kier alpha value is -9.50. The number of rotatable bonds is 11. The molecule has 12 aromatic rings. The molecule has 0 saturated carbocycles. The van der Waals surface area contributed by atoms with Gasteiger partial charge in [0.1, 0.15) is 0 Å². The number of allylic oxidation sites excluding steroid dienone is 9. The van der Waals surface area contributed by atoms with E-state index in [1.165, 1.54) is 77.1 Å². The molecule has 0 aliphatic heterocycles. The summed E-state index contributed by atoms with van der Waals surface area (Å²) >= 11 is 0. The number of para-hydroxylation sites is 1. The van der Waals surface area contributed by atoms with Crippen molar-refractivity contribution in [3.8, 4) is 67.0 Å². The van der Waals surface area contributed by atoms with Crippen LogP contribution in [0.4, 0.5) is 0 Å². The third-order valence-corrected chi connectivity index (χ3v) is 15.1. The summed E-state index contributed by atoms with van der Waals surface area (Å²) < 4.78 is 5.05. The van der Waals surface area contributed by atoms with Gasteiger partial charge >= 0.3 is 0 Å². The molecule has 0 fully saturated rings. The molecule has 2 nitrogen and oxygen atoms in total. The SMILES string of the molecule is C=C/C(=C\C=C/C)c1ccc(-c2ccccc2)c2c1c1cccc(-c3ccc4c(c3)c3cc(C5=CC=CCC5)cc(-c5ccccc5)c3n4-c3cccc(-c4ccccc4)c3)c1n2-c1ccc(-c2ccccc2)cc1.CC. The van der Waals surface area contributed by atoms with Crippen molar-refractivity contribution in [1.82, 2.24) is 9.13 Å². The van der Waals surface area contributed by atoms with Crippen LogP contribution in [0.5, 0.6) is 0 Å². The molecule has 10 aromatic carbocycles. The van der Waals surface area contributed by atoms with Gasteiger partial charge in [-0.25, -0.2) is 0 Å². The number of aromatic nitrogens is 2. The minimum Gasteiger partial charge on any atom is -0.309 e. The van der Waals surface area contributed by atoms with Gasteiger partial charge in [0, 0.05) is 49.6 Å². The van der Waals surface area contributed by atoms with Crippen molar-refractivity contribution < 1.29 is 0 Å². The second kappa shape index (κ2) is 21.4. The predicted molar refractivity (Wildman–Crippen MR) is 333 cm³/mol. The number of hydrogen-bond donors (Lipinski definition) is 0. The molecule has 0 spiro atoms. The van der Waals surface area contributed by atoms with Crippen LogP contribution < -0.4 is 0 Å². The maximum Gasteiger partial charge on any atom is 0.0625 e. The quantitative estimate of drug-likeness (QED) is 0.114. The minimum atomic E-state index is 1.00. The van der Waals surface area contributed by atoms with Crippen LogP contribution in [0.25, 0.3) is 122 Å². The van der Waals surface area contributed by atoms with Gasteiger partial charge in [0.2, 0.25) is 0 Å². The van der Waals surface area contributed by atoms with Gasteiger partial charge in [-0.2, -0.15) is 0 Å². The Morgan fingerprint density at radius 2 is 1.03 bits per heavy atom. The first-order valence-corrected chi connectivity index (χ1v) is 27.1. The molecule has 2 heteroatoms. The highest BCUT2D eigenvalue weighted by Gasteiger charge is 2.25. The zero-order valence-electron chi connectivity index (χ0n) is 44.0. The van der Waals surface area contributed by atoms with Crippen molar-refractivity contribution in [2.45, 2.75) is 33.6 Å². The molecule has 0 bridgehead atoms. The lowest BCUT2D eigenvalue weighted by atomic mass is 9.91. The minimum absolute atomic E-state index is 1.00. The van der Waals surface area contributed by atoms with Crippen LogP contribution in [0, 0.1) is 0 Å². The highest BCUT2D eigenvalue weighted by atomic mass is 15.0. The number of benzene rings is 10. The Balaban J connectivity index is 0.00000295. The third kappa shape index (κ3) is 8.88. The summed E-state index contributed by atoms with van der Waals surface area (Å²) in [7, 11) is 0. The van der Waals surface area contributed by atoms with E-state index in [9.17, 15) is 0 Å². The Morgan fingerprint density at radius 1 is 0.442 bits per heavy atom. The first-order chi connectivity index (χ1) is 38.1. The van der Waals surface area contributed by atoms with Crippen LogP contribution in [0.15, 0.2) is 280 Å². The zero-order valence-corrected chi connectivity index (χ0v) is 44.0. The van der Waals surface area contributed by atoms with Gasteiger partial charge in [0.15, 0.2) is 0 Å². The molecule has 1 aliphatic rings. The normalized spacial score (nSPS) is 12.6. The molecule has 0 unspecified atom stereocenters. The van der Waals surface area contributed by atoms with Crippen molar-refractivity contribution >= 4 is 54.8 Å². The average Bonchev–Trinajstić information content (AvgIpc) is 4.10. The molecule has 0 saturated heterocycles. The van der Waals surface area contributed by atoms with E-state index in [0.717, 1.165) is 68.6 Å². The van der Waals surface area contributed by atoms with E-state index in [2.05, 4.69) is 290 Å². The maximum absolute atomic E-state index is 4.37. The van der Waals surface area contributed by atoms with Gasteiger partial charge < -0.3 is 9.13 Å². The summed E-state index contributed by atoms with van der Waals surface area (Å²) in [5, 5.41) is 4.81. The fourth-order valence-electron chi connectivity index (χ4n) is 11.6. The molecule has 13 rings (SSSR count). The summed E-state index contributed by atoms with van der Waals surface area (Å²) in [5.74, 6) is 0. The van der Waals surface area contributed by atoms with Crippen LogP contribution in [-0.4, -0.2) is 9.13 Å². The van der Waals surface area contributed by atoms with Gasteiger partial charge in [-0.05, 0) is 130 Å². The second-order valence-corrected chi connectivity index (χ2v) is 19.5. The molecule has 0 amide bonds. The highest BCUT2D eigenvalue weighted by molar-refractivity contribution is 6.22. The zero-order chi connectivity index (χ0) is 52.2. The first kappa shape index (κ1) is 48.4. The Morgan fingerprint density at radius 3 is 1.69 bits per heavy atom. The summed E-state index contributed by atoms with van der Waals surface area (Å²) in [6.07, 6.45) is 17.2. The average molecular weight is 989 g/mol. The van der Waals surface area contributed by atoms with E-state index in [0.29, 0.717) is 0 Å². The summed E-state index contributed by atoms with van der Waals surface area (Å²) in [6.45, 7) is 10.4. The topological polar surface area (TPSA) is 9.86 Å². The van der Waals surface area contributed by atoms with Crippen molar-refractivity contribution in [1.29, 1.82) is 0 Å². The van der Waals surface area contributed by atoms with Crippen molar-refractivity contribution in [3.63, 3.8) is 0 Å². The van der Waals surface area contributed by atoms with Gasteiger partial charge in [0.05, 0.1) is 22.1 Å².